The van der Waals surface area contributed by atoms with E-state index in [1.807, 2.05) is 38.1 Å². The number of para-hydroxylation sites is 2. The summed E-state index contributed by atoms with van der Waals surface area (Å²) in [5.74, 6) is 0.819. The molecule has 0 saturated heterocycles. The molecule has 0 bridgehead atoms. The zero-order valence-electron chi connectivity index (χ0n) is 14.4. The van der Waals surface area contributed by atoms with E-state index in [0.717, 1.165) is 18.0 Å². The molecule has 1 aromatic rings. The molecule has 6 nitrogen and oxygen atoms in total. The van der Waals surface area contributed by atoms with Crippen LogP contribution < -0.4 is 9.64 Å². The molecular weight excluding hydrogens is 314 g/mol. The van der Waals surface area contributed by atoms with Gasteiger partial charge in [-0.2, -0.15) is 17.0 Å². The van der Waals surface area contributed by atoms with Crippen LogP contribution in [0.3, 0.4) is 0 Å². The van der Waals surface area contributed by atoms with Gasteiger partial charge in [0.25, 0.3) is 10.2 Å². The van der Waals surface area contributed by atoms with Crippen molar-refractivity contribution in [2.75, 3.05) is 44.7 Å². The molecular formula is C16H27N3O3S. The monoisotopic (exact) mass is 341 g/mol. The average Bonchev–Trinajstić information content (AvgIpc) is 2.54. The molecule has 0 radical (unpaired) electrons. The van der Waals surface area contributed by atoms with Gasteiger partial charge < -0.3 is 9.64 Å². The summed E-state index contributed by atoms with van der Waals surface area (Å²) >= 11 is 0. The van der Waals surface area contributed by atoms with Gasteiger partial charge in [0.2, 0.25) is 0 Å². The van der Waals surface area contributed by atoms with E-state index in [1.54, 1.807) is 7.05 Å². The summed E-state index contributed by atoms with van der Waals surface area (Å²) < 4.78 is 34.0. The lowest BCUT2D eigenvalue weighted by Gasteiger charge is -2.37. The van der Waals surface area contributed by atoms with E-state index in [2.05, 4.69) is 11.8 Å². The quantitative estimate of drug-likeness (QED) is 0.759. The first kappa shape index (κ1) is 18.0. The van der Waals surface area contributed by atoms with Gasteiger partial charge in [0, 0.05) is 26.7 Å². The highest BCUT2D eigenvalue weighted by atomic mass is 32.2. The summed E-state index contributed by atoms with van der Waals surface area (Å²) in [6, 6.07) is 7.89. The molecule has 0 saturated carbocycles. The average molecular weight is 341 g/mol. The van der Waals surface area contributed by atoms with Gasteiger partial charge in [-0.1, -0.05) is 26.0 Å². The topological polar surface area (TPSA) is 53.1 Å². The standard InChI is InChI=1S/C16H27N3O3S/c1-5-18-13-14(22-16-11-9-8-10-15(16)18)12-17(4)23(20,21)19(6-2)7-3/h8-11,14H,5-7,12-13H2,1-4H3. The minimum atomic E-state index is -3.43. The van der Waals surface area contributed by atoms with Crippen molar-refractivity contribution >= 4 is 15.9 Å². The van der Waals surface area contributed by atoms with Crippen LogP contribution in [0, 0.1) is 0 Å². The Hall–Kier alpha value is -1.31. The van der Waals surface area contributed by atoms with Crippen LogP contribution in [0.4, 0.5) is 5.69 Å². The molecule has 0 N–H and O–H groups in total. The van der Waals surface area contributed by atoms with E-state index in [4.69, 9.17) is 4.74 Å². The van der Waals surface area contributed by atoms with Crippen LogP contribution in [-0.2, 0) is 10.2 Å². The largest absolute Gasteiger partial charge is 0.485 e. The fourth-order valence-electron chi connectivity index (χ4n) is 2.90. The Kier molecular flexibility index (Phi) is 5.89. The van der Waals surface area contributed by atoms with Crippen molar-refractivity contribution in [1.82, 2.24) is 8.61 Å². The predicted molar refractivity (Wildman–Crippen MR) is 93.2 cm³/mol. The number of fused-ring (bicyclic) bond motifs is 1. The Labute approximate surface area is 139 Å². The number of rotatable bonds is 7. The van der Waals surface area contributed by atoms with Gasteiger partial charge in [0.05, 0.1) is 18.8 Å². The van der Waals surface area contributed by atoms with Crippen LogP contribution in [0.1, 0.15) is 20.8 Å². The fraction of sp³-hybridized carbons (Fsp3) is 0.625. The lowest BCUT2D eigenvalue weighted by molar-refractivity contribution is 0.168. The summed E-state index contributed by atoms with van der Waals surface area (Å²) in [5, 5.41) is 0. The van der Waals surface area contributed by atoms with Crippen LogP contribution >= 0.6 is 0 Å². The SMILES string of the molecule is CCN1CC(CN(C)S(=O)(=O)N(CC)CC)Oc2ccccc21. The second-order valence-corrected chi connectivity index (χ2v) is 7.65. The van der Waals surface area contributed by atoms with Gasteiger partial charge in [-0.3, -0.25) is 0 Å². The smallest absolute Gasteiger partial charge is 0.281 e. The Morgan fingerprint density at radius 1 is 1.22 bits per heavy atom. The van der Waals surface area contributed by atoms with Gasteiger partial charge in [0.1, 0.15) is 11.9 Å². The highest BCUT2D eigenvalue weighted by Crippen LogP contribution is 2.33. The zero-order valence-corrected chi connectivity index (χ0v) is 15.2. The number of likely N-dealkylation sites (N-methyl/N-ethyl adjacent to an activating group) is 2. The third-order valence-electron chi connectivity index (χ3n) is 4.19. The molecule has 1 heterocycles. The maximum absolute atomic E-state index is 12.5. The summed E-state index contributed by atoms with van der Waals surface area (Å²) in [6.45, 7) is 8.62. The number of nitrogens with zero attached hydrogens (tertiary/aromatic N) is 3. The molecule has 0 amide bonds. The normalized spacial score (nSPS) is 18.2. The van der Waals surface area contributed by atoms with Crippen LogP contribution in [0.2, 0.25) is 0 Å². The van der Waals surface area contributed by atoms with Gasteiger partial charge in [-0.05, 0) is 19.1 Å². The van der Waals surface area contributed by atoms with Gasteiger partial charge in [0.15, 0.2) is 0 Å². The summed E-state index contributed by atoms with van der Waals surface area (Å²) in [4.78, 5) is 2.22. The summed E-state index contributed by atoms with van der Waals surface area (Å²) in [6.07, 6.45) is -0.180. The molecule has 1 aromatic carbocycles. The van der Waals surface area contributed by atoms with Crippen molar-refractivity contribution in [3.8, 4) is 5.75 Å². The molecule has 0 spiro atoms. The van der Waals surface area contributed by atoms with E-state index >= 15 is 0 Å². The number of ether oxygens (including phenoxy) is 1. The Bertz CT molecular complexity index is 617. The molecule has 0 aromatic heterocycles. The van der Waals surface area contributed by atoms with E-state index in [-0.39, 0.29) is 6.10 Å². The minimum Gasteiger partial charge on any atom is -0.485 e. The fourth-order valence-corrected chi connectivity index (χ4v) is 4.30. The van der Waals surface area contributed by atoms with E-state index < -0.39 is 10.2 Å². The maximum atomic E-state index is 12.5. The molecule has 1 aliphatic rings. The molecule has 130 valence electrons. The van der Waals surface area contributed by atoms with Gasteiger partial charge in [-0.25, -0.2) is 0 Å². The highest BCUT2D eigenvalue weighted by Gasteiger charge is 2.31. The zero-order chi connectivity index (χ0) is 17.0. The second-order valence-electron chi connectivity index (χ2n) is 5.62. The Morgan fingerprint density at radius 2 is 1.87 bits per heavy atom. The van der Waals surface area contributed by atoms with Crippen molar-refractivity contribution in [3.05, 3.63) is 24.3 Å². The first-order valence-corrected chi connectivity index (χ1v) is 9.55. The molecule has 0 fully saturated rings. The highest BCUT2D eigenvalue weighted by molar-refractivity contribution is 7.86. The predicted octanol–water partition coefficient (Wildman–Crippen LogP) is 1.79. The Balaban J connectivity index is 2.12. The molecule has 0 aliphatic carbocycles. The van der Waals surface area contributed by atoms with E-state index in [0.29, 0.717) is 26.2 Å². The first-order valence-electron chi connectivity index (χ1n) is 8.16. The Morgan fingerprint density at radius 3 is 2.48 bits per heavy atom. The third kappa shape index (κ3) is 3.79. The molecule has 2 rings (SSSR count). The van der Waals surface area contributed by atoms with Crippen molar-refractivity contribution in [2.24, 2.45) is 0 Å². The summed E-state index contributed by atoms with van der Waals surface area (Å²) in [5.41, 5.74) is 1.07. The first-order chi connectivity index (χ1) is 10.9. The van der Waals surface area contributed by atoms with Crippen LogP contribution in [0.25, 0.3) is 0 Å². The third-order valence-corrected chi connectivity index (χ3v) is 6.30. The van der Waals surface area contributed by atoms with E-state index in [9.17, 15) is 8.42 Å². The molecule has 7 heteroatoms. The molecule has 1 unspecified atom stereocenters. The molecule has 1 aliphatic heterocycles. The maximum Gasteiger partial charge on any atom is 0.281 e. The number of anilines is 1. The van der Waals surface area contributed by atoms with Gasteiger partial charge in [-0.15, -0.1) is 0 Å². The lowest BCUT2D eigenvalue weighted by atomic mass is 10.2. The minimum absolute atomic E-state index is 0.180. The van der Waals surface area contributed by atoms with Crippen molar-refractivity contribution in [3.63, 3.8) is 0 Å². The molecule has 23 heavy (non-hydrogen) atoms. The van der Waals surface area contributed by atoms with Crippen LogP contribution in [-0.4, -0.2) is 62.9 Å². The van der Waals surface area contributed by atoms with Crippen LogP contribution in [0.5, 0.6) is 5.75 Å². The van der Waals surface area contributed by atoms with E-state index in [1.165, 1.54) is 8.61 Å². The molecule has 1 atom stereocenters. The number of hydrogen-bond donors (Lipinski definition) is 0. The van der Waals surface area contributed by atoms with Crippen molar-refractivity contribution in [1.29, 1.82) is 0 Å². The van der Waals surface area contributed by atoms with Crippen molar-refractivity contribution < 1.29 is 13.2 Å². The lowest BCUT2D eigenvalue weighted by Crippen LogP contribution is -2.50. The van der Waals surface area contributed by atoms with Crippen molar-refractivity contribution in [2.45, 2.75) is 26.9 Å². The summed E-state index contributed by atoms with van der Waals surface area (Å²) in [7, 11) is -1.82. The number of benzene rings is 1. The number of hydrogen-bond acceptors (Lipinski definition) is 4. The second kappa shape index (κ2) is 7.51. The van der Waals surface area contributed by atoms with Crippen LogP contribution in [0.15, 0.2) is 24.3 Å². The van der Waals surface area contributed by atoms with Gasteiger partial charge >= 0.3 is 0 Å².